The van der Waals surface area contributed by atoms with Crippen molar-refractivity contribution in [1.29, 1.82) is 0 Å². The van der Waals surface area contributed by atoms with E-state index in [1.54, 1.807) is 18.4 Å². The number of hydrogen-bond acceptors (Lipinski definition) is 4. The molecule has 0 bridgehead atoms. The molecule has 3 rings (SSSR count). The molecule has 1 atom stereocenters. The van der Waals surface area contributed by atoms with Gasteiger partial charge in [-0.1, -0.05) is 12.1 Å². The van der Waals surface area contributed by atoms with Crippen LogP contribution in [0.25, 0.3) is 0 Å². The highest BCUT2D eigenvalue weighted by molar-refractivity contribution is 5.75. The van der Waals surface area contributed by atoms with Crippen LogP contribution in [-0.2, 0) is 16.0 Å². The zero-order chi connectivity index (χ0) is 18.2. The number of halogens is 1. The summed E-state index contributed by atoms with van der Waals surface area (Å²) in [5.74, 6) is 0.647. The fourth-order valence-corrected chi connectivity index (χ4v) is 3.18. The fourth-order valence-electron chi connectivity index (χ4n) is 3.18. The molecule has 2 aromatic rings. The second kappa shape index (κ2) is 9.50. The number of aryl methyl sites for hydroxylation is 1. The molecule has 0 spiro atoms. The first-order valence-electron chi connectivity index (χ1n) is 9.09. The molecule has 1 amide bonds. The number of benzene rings is 1. The van der Waals surface area contributed by atoms with Gasteiger partial charge in [-0.05, 0) is 42.7 Å². The van der Waals surface area contributed by atoms with Crippen molar-refractivity contribution in [3.8, 4) is 0 Å². The van der Waals surface area contributed by atoms with Gasteiger partial charge in [-0.3, -0.25) is 9.69 Å². The van der Waals surface area contributed by atoms with E-state index in [1.165, 1.54) is 12.1 Å². The molecule has 1 aliphatic rings. The van der Waals surface area contributed by atoms with Crippen molar-refractivity contribution < 1.29 is 18.3 Å². The van der Waals surface area contributed by atoms with E-state index >= 15 is 0 Å². The molecule has 1 aromatic heterocycles. The Balaban J connectivity index is 1.45. The summed E-state index contributed by atoms with van der Waals surface area (Å²) in [6.45, 7) is 3.56. The van der Waals surface area contributed by atoms with E-state index in [1.807, 2.05) is 12.1 Å². The molecule has 140 valence electrons. The van der Waals surface area contributed by atoms with E-state index in [2.05, 4.69) is 10.2 Å². The lowest BCUT2D eigenvalue weighted by molar-refractivity contribution is -0.121. The third-order valence-corrected chi connectivity index (χ3v) is 4.63. The molecule has 1 fully saturated rings. The zero-order valence-corrected chi connectivity index (χ0v) is 14.8. The highest BCUT2D eigenvalue weighted by Gasteiger charge is 2.25. The highest BCUT2D eigenvalue weighted by atomic mass is 19.1. The van der Waals surface area contributed by atoms with Crippen LogP contribution in [0.15, 0.2) is 47.1 Å². The average molecular weight is 360 g/mol. The maximum atomic E-state index is 12.9. The van der Waals surface area contributed by atoms with Gasteiger partial charge in [0, 0.05) is 26.1 Å². The van der Waals surface area contributed by atoms with Crippen molar-refractivity contribution in [2.75, 3.05) is 32.8 Å². The number of amides is 1. The monoisotopic (exact) mass is 360 g/mol. The maximum absolute atomic E-state index is 12.9. The third-order valence-electron chi connectivity index (χ3n) is 4.63. The first-order chi connectivity index (χ1) is 12.7. The molecule has 0 radical (unpaired) electrons. The molecule has 1 saturated heterocycles. The van der Waals surface area contributed by atoms with Gasteiger partial charge in [-0.15, -0.1) is 0 Å². The molecule has 1 aromatic carbocycles. The Kier molecular flexibility index (Phi) is 6.80. The lowest BCUT2D eigenvalue weighted by atomic mass is 10.1. The summed E-state index contributed by atoms with van der Waals surface area (Å²) in [4.78, 5) is 14.5. The quantitative estimate of drug-likeness (QED) is 0.786. The number of hydrogen-bond donors (Lipinski definition) is 1. The van der Waals surface area contributed by atoms with Crippen LogP contribution in [0.5, 0.6) is 0 Å². The van der Waals surface area contributed by atoms with E-state index in [4.69, 9.17) is 9.15 Å². The van der Waals surface area contributed by atoms with Crippen molar-refractivity contribution >= 4 is 5.91 Å². The SMILES string of the molecule is O=C(CCCc1ccc(F)cc1)NCC(c1ccco1)N1CCOCC1. The molecule has 0 aliphatic carbocycles. The van der Waals surface area contributed by atoms with E-state index < -0.39 is 0 Å². The van der Waals surface area contributed by atoms with Gasteiger partial charge in [-0.2, -0.15) is 0 Å². The summed E-state index contributed by atoms with van der Waals surface area (Å²) < 4.78 is 23.9. The van der Waals surface area contributed by atoms with Crippen LogP contribution in [0.4, 0.5) is 4.39 Å². The number of nitrogens with one attached hydrogen (secondary N) is 1. The lowest BCUT2D eigenvalue weighted by Gasteiger charge is -2.33. The van der Waals surface area contributed by atoms with Crippen LogP contribution in [0.3, 0.4) is 0 Å². The van der Waals surface area contributed by atoms with E-state index in [0.717, 1.165) is 37.3 Å². The number of rotatable bonds is 8. The number of furan rings is 1. The Morgan fingerprint density at radius 2 is 1.96 bits per heavy atom. The Morgan fingerprint density at radius 3 is 2.65 bits per heavy atom. The minimum Gasteiger partial charge on any atom is -0.468 e. The molecule has 1 N–H and O–H groups in total. The Labute approximate surface area is 153 Å². The van der Waals surface area contributed by atoms with Crippen LogP contribution < -0.4 is 5.32 Å². The van der Waals surface area contributed by atoms with Gasteiger partial charge < -0.3 is 14.5 Å². The first-order valence-corrected chi connectivity index (χ1v) is 9.09. The van der Waals surface area contributed by atoms with Gasteiger partial charge in [-0.25, -0.2) is 4.39 Å². The summed E-state index contributed by atoms with van der Waals surface area (Å²) >= 11 is 0. The van der Waals surface area contributed by atoms with Gasteiger partial charge >= 0.3 is 0 Å². The van der Waals surface area contributed by atoms with Crippen molar-refractivity contribution in [2.24, 2.45) is 0 Å². The first kappa shape index (κ1) is 18.6. The predicted octanol–water partition coefficient (Wildman–Crippen LogP) is 2.93. The zero-order valence-electron chi connectivity index (χ0n) is 14.8. The molecule has 2 heterocycles. The lowest BCUT2D eigenvalue weighted by Crippen LogP contribution is -2.43. The number of nitrogens with zero attached hydrogens (tertiary/aromatic N) is 1. The summed E-state index contributed by atoms with van der Waals surface area (Å²) in [6, 6.07) is 10.3. The standard InChI is InChI=1S/C20H25FN2O3/c21-17-8-6-16(7-9-17)3-1-5-20(24)22-15-18(19-4-2-12-26-19)23-10-13-25-14-11-23/h2,4,6-9,12,18H,1,3,5,10-11,13-15H2,(H,22,24). The van der Waals surface area contributed by atoms with Crippen molar-refractivity contribution in [3.63, 3.8) is 0 Å². The number of ether oxygens (including phenoxy) is 1. The number of morpholine rings is 1. The molecular weight excluding hydrogens is 335 g/mol. The smallest absolute Gasteiger partial charge is 0.220 e. The topological polar surface area (TPSA) is 54.7 Å². The Morgan fingerprint density at radius 1 is 1.19 bits per heavy atom. The van der Waals surface area contributed by atoms with Gasteiger partial charge in [0.25, 0.3) is 0 Å². The Hall–Kier alpha value is -2.18. The summed E-state index contributed by atoms with van der Waals surface area (Å²) in [6.07, 6.45) is 3.61. The number of carbonyl (C=O) groups is 1. The molecule has 6 heteroatoms. The van der Waals surface area contributed by atoms with Gasteiger partial charge in [0.15, 0.2) is 0 Å². The van der Waals surface area contributed by atoms with E-state index in [-0.39, 0.29) is 17.8 Å². The maximum Gasteiger partial charge on any atom is 0.220 e. The van der Waals surface area contributed by atoms with Gasteiger partial charge in [0.1, 0.15) is 11.6 Å². The molecule has 1 unspecified atom stereocenters. The largest absolute Gasteiger partial charge is 0.468 e. The molecular formula is C20H25FN2O3. The Bertz CT molecular complexity index is 667. The summed E-state index contributed by atoms with van der Waals surface area (Å²) in [5, 5.41) is 3.02. The minimum absolute atomic E-state index is 0.0231. The van der Waals surface area contributed by atoms with Gasteiger partial charge in [0.2, 0.25) is 5.91 Å². The fraction of sp³-hybridized carbons (Fsp3) is 0.450. The molecule has 0 saturated carbocycles. The van der Waals surface area contributed by atoms with Crippen molar-refractivity contribution in [1.82, 2.24) is 10.2 Å². The predicted molar refractivity (Wildman–Crippen MR) is 96.2 cm³/mol. The third kappa shape index (κ3) is 5.41. The normalized spacial score (nSPS) is 16.3. The highest BCUT2D eigenvalue weighted by Crippen LogP contribution is 2.21. The minimum atomic E-state index is -0.237. The average Bonchev–Trinajstić information content (AvgIpc) is 3.19. The van der Waals surface area contributed by atoms with Crippen molar-refractivity contribution in [3.05, 3.63) is 59.8 Å². The van der Waals surface area contributed by atoms with Crippen LogP contribution >= 0.6 is 0 Å². The molecule has 1 aliphatic heterocycles. The summed E-state index contributed by atoms with van der Waals surface area (Å²) in [7, 11) is 0. The van der Waals surface area contributed by atoms with Crippen LogP contribution in [0.2, 0.25) is 0 Å². The van der Waals surface area contributed by atoms with Crippen molar-refractivity contribution in [2.45, 2.75) is 25.3 Å². The van der Waals surface area contributed by atoms with Gasteiger partial charge in [0.05, 0.1) is 25.5 Å². The van der Waals surface area contributed by atoms with Crippen LogP contribution in [0, 0.1) is 5.82 Å². The van der Waals surface area contributed by atoms with Crippen LogP contribution in [0.1, 0.15) is 30.2 Å². The number of carbonyl (C=O) groups excluding carboxylic acids is 1. The van der Waals surface area contributed by atoms with Crippen LogP contribution in [-0.4, -0.2) is 43.7 Å². The van der Waals surface area contributed by atoms with E-state index in [9.17, 15) is 9.18 Å². The second-order valence-electron chi connectivity index (χ2n) is 6.46. The molecule has 26 heavy (non-hydrogen) atoms. The second-order valence-corrected chi connectivity index (χ2v) is 6.46. The molecule has 5 nitrogen and oxygen atoms in total. The van der Waals surface area contributed by atoms with E-state index in [0.29, 0.717) is 26.2 Å². The summed E-state index contributed by atoms with van der Waals surface area (Å²) in [5.41, 5.74) is 1.04.